The number of para-hydroxylation sites is 1. The minimum Gasteiger partial charge on any atom is -0.362 e. The van der Waals surface area contributed by atoms with Crippen LogP contribution < -0.4 is 4.90 Å². The molecule has 3 heteroatoms. The van der Waals surface area contributed by atoms with Crippen LogP contribution in [-0.4, -0.2) is 37.0 Å². The number of aryl methyl sites for hydroxylation is 1. The molecule has 1 aromatic carbocycles. The van der Waals surface area contributed by atoms with Gasteiger partial charge in [0.2, 0.25) is 5.91 Å². The summed E-state index contributed by atoms with van der Waals surface area (Å²) in [6.07, 6.45) is 5.72. The largest absolute Gasteiger partial charge is 0.362 e. The van der Waals surface area contributed by atoms with Gasteiger partial charge in [0, 0.05) is 25.3 Å². The number of rotatable bonds is 6. The fourth-order valence-electron chi connectivity index (χ4n) is 2.63. The van der Waals surface area contributed by atoms with Gasteiger partial charge in [0.15, 0.2) is 0 Å². The van der Waals surface area contributed by atoms with Gasteiger partial charge in [-0.25, -0.2) is 0 Å². The van der Waals surface area contributed by atoms with E-state index in [0.29, 0.717) is 19.6 Å². The molecule has 0 radical (unpaired) electrons. The summed E-state index contributed by atoms with van der Waals surface area (Å²) in [5, 5.41) is 0. The Kier molecular flexibility index (Phi) is 4.99. The minimum absolute atomic E-state index is 0.126. The van der Waals surface area contributed by atoms with E-state index in [1.807, 2.05) is 6.07 Å². The average Bonchev–Trinajstić information content (AvgIpc) is 2.47. The Balaban J connectivity index is 2.08. The van der Waals surface area contributed by atoms with Crippen molar-refractivity contribution in [1.29, 1.82) is 0 Å². The van der Waals surface area contributed by atoms with Gasteiger partial charge in [-0.3, -0.25) is 4.79 Å². The molecule has 1 aliphatic rings. The van der Waals surface area contributed by atoms with E-state index in [1.165, 1.54) is 11.3 Å². The standard InChI is InChI=1S/C17H22N2O/c1-3-11-18(12-4-2)17(20)14-19-13-7-9-15-8-5-6-10-16(15)19/h3-6,8,10H,1-2,7,9,11-14H2. The predicted molar refractivity (Wildman–Crippen MR) is 84.0 cm³/mol. The smallest absolute Gasteiger partial charge is 0.242 e. The van der Waals surface area contributed by atoms with Crippen molar-refractivity contribution in [2.24, 2.45) is 0 Å². The molecule has 0 unspecified atom stereocenters. The number of hydrogen-bond acceptors (Lipinski definition) is 2. The molecule has 0 bridgehead atoms. The second-order valence-electron chi connectivity index (χ2n) is 5.03. The Labute approximate surface area is 121 Å². The van der Waals surface area contributed by atoms with Crippen LogP contribution in [0.1, 0.15) is 12.0 Å². The van der Waals surface area contributed by atoms with Crippen molar-refractivity contribution in [2.45, 2.75) is 12.8 Å². The number of fused-ring (bicyclic) bond motifs is 1. The lowest BCUT2D eigenvalue weighted by Crippen LogP contribution is -2.42. The normalized spacial score (nSPS) is 13.5. The van der Waals surface area contributed by atoms with Gasteiger partial charge in [0.1, 0.15) is 0 Å². The maximum atomic E-state index is 12.4. The lowest BCUT2D eigenvalue weighted by atomic mass is 10.0. The van der Waals surface area contributed by atoms with E-state index in [4.69, 9.17) is 0 Å². The number of benzene rings is 1. The molecule has 0 fully saturated rings. The molecule has 0 spiro atoms. The topological polar surface area (TPSA) is 23.6 Å². The Morgan fingerprint density at radius 1 is 1.25 bits per heavy atom. The summed E-state index contributed by atoms with van der Waals surface area (Å²) in [5.41, 5.74) is 2.54. The first-order valence-corrected chi connectivity index (χ1v) is 7.08. The van der Waals surface area contributed by atoms with Crippen molar-refractivity contribution in [1.82, 2.24) is 4.90 Å². The minimum atomic E-state index is 0.126. The fourth-order valence-corrected chi connectivity index (χ4v) is 2.63. The average molecular weight is 270 g/mol. The molecular formula is C17H22N2O. The summed E-state index contributed by atoms with van der Waals surface area (Å²) in [6.45, 7) is 9.92. The van der Waals surface area contributed by atoms with Gasteiger partial charge in [-0.05, 0) is 24.5 Å². The van der Waals surface area contributed by atoms with Crippen LogP contribution in [0.15, 0.2) is 49.6 Å². The highest BCUT2D eigenvalue weighted by molar-refractivity contribution is 5.82. The summed E-state index contributed by atoms with van der Waals surface area (Å²) >= 11 is 0. The Morgan fingerprint density at radius 2 is 1.95 bits per heavy atom. The van der Waals surface area contributed by atoms with Gasteiger partial charge in [0.25, 0.3) is 0 Å². The Bertz CT molecular complexity index is 486. The van der Waals surface area contributed by atoms with Gasteiger partial charge in [0.05, 0.1) is 6.54 Å². The molecule has 0 aliphatic carbocycles. The summed E-state index contributed by atoms with van der Waals surface area (Å²) in [7, 11) is 0. The maximum Gasteiger partial charge on any atom is 0.242 e. The molecule has 1 aliphatic heterocycles. The molecule has 1 amide bonds. The third kappa shape index (κ3) is 3.29. The fraction of sp³-hybridized carbons (Fsp3) is 0.353. The number of nitrogens with zero attached hydrogens (tertiary/aromatic N) is 2. The van der Waals surface area contributed by atoms with E-state index in [2.05, 4.69) is 36.3 Å². The molecular weight excluding hydrogens is 248 g/mol. The van der Waals surface area contributed by atoms with Crippen LogP contribution in [0.5, 0.6) is 0 Å². The third-order valence-electron chi connectivity index (χ3n) is 3.58. The zero-order valence-electron chi connectivity index (χ0n) is 11.9. The van der Waals surface area contributed by atoms with E-state index < -0.39 is 0 Å². The number of carbonyl (C=O) groups excluding carboxylic acids is 1. The molecule has 1 heterocycles. The number of anilines is 1. The molecule has 1 aromatic rings. The van der Waals surface area contributed by atoms with Gasteiger partial charge < -0.3 is 9.80 Å². The molecule has 0 aromatic heterocycles. The van der Waals surface area contributed by atoms with Gasteiger partial charge in [-0.2, -0.15) is 0 Å². The first-order chi connectivity index (χ1) is 9.76. The summed E-state index contributed by atoms with van der Waals surface area (Å²) in [4.78, 5) is 16.3. The first kappa shape index (κ1) is 14.4. The van der Waals surface area contributed by atoms with Crippen LogP contribution in [0.3, 0.4) is 0 Å². The SMILES string of the molecule is C=CCN(CC=C)C(=O)CN1CCCc2ccccc21. The van der Waals surface area contributed by atoms with Crippen LogP contribution in [0.2, 0.25) is 0 Å². The van der Waals surface area contributed by atoms with Crippen LogP contribution in [0.25, 0.3) is 0 Å². The molecule has 3 nitrogen and oxygen atoms in total. The van der Waals surface area contributed by atoms with Gasteiger partial charge >= 0.3 is 0 Å². The van der Waals surface area contributed by atoms with E-state index in [-0.39, 0.29) is 5.91 Å². The van der Waals surface area contributed by atoms with Crippen LogP contribution >= 0.6 is 0 Å². The van der Waals surface area contributed by atoms with Crippen molar-refractivity contribution in [3.05, 3.63) is 55.1 Å². The Morgan fingerprint density at radius 3 is 2.65 bits per heavy atom. The monoisotopic (exact) mass is 270 g/mol. The van der Waals surface area contributed by atoms with E-state index in [1.54, 1.807) is 17.1 Å². The quantitative estimate of drug-likeness (QED) is 0.742. The Hall–Kier alpha value is -2.03. The van der Waals surface area contributed by atoms with Gasteiger partial charge in [-0.15, -0.1) is 13.2 Å². The maximum absolute atomic E-state index is 12.4. The van der Waals surface area contributed by atoms with E-state index >= 15 is 0 Å². The van der Waals surface area contributed by atoms with Crippen molar-refractivity contribution >= 4 is 11.6 Å². The molecule has 0 atom stereocenters. The molecule has 20 heavy (non-hydrogen) atoms. The molecule has 0 saturated heterocycles. The summed E-state index contributed by atoms with van der Waals surface area (Å²) in [6, 6.07) is 8.35. The van der Waals surface area contributed by atoms with Crippen LogP contribution in [-0.2, 0) is 11.2 Å². The molecule has 2 rings (SSSR count). The first-order valence-electron chi connectivity index (χ1n) is 7.08. The van der Waals surface area contributed by atoms with E-state index in [9.17, 15) is 4.79 Å². The second-order valence-corrected chi connectivity index (χ2v) is 5.03. The highest BCUT2D eigenvalue weighted by atomic mass is 16.2. The highest BCUT2D eigenvalue weighted by Gasteiger charge is 2.20. The number of amides is 1. The van der Waals surface area contributed by atoms with Gasteiger partial charge in [-0.1, -0.05) is 30.4 Å². The lowest BCUT2D eigenvalue weighted by molar-refractivity contribution is -0.128. The second kappa shape index (κ2) is 6.94. The summed E-state index contributed by atoms with van der Waals surface area (Å²) in [5.74, 6) is 0.126. The molecule has 0 saturated carbocycles. The van der Waals surface area contributed by atoms with E-state index in [0.717, 1.165) is 19.4 Å². The highest BCUT2D eigenvalue weighted by Crippen LogP contribution is 2.26. The zero-order valence-corrected chi connectivity index (χ0v) is 11.9. The number of hydrogen-bond donors (Lipinski definition) is 0. The van der Waals surface area contributed by atoms with Crippen LogP contribution in [0, 0.1) is 0 Å². The van der Waals surface area contributed by atoms with Crippen molar-refractivity contribution in [2.75, 3.05) is 31.1 Å². The van der Waals surface area contributed by atoms with Crippen LogP contribution in [0.4, 0.5) is 5.69 Å². The predicted octanol–water partition coefficient (Wildman–Crippen LogP) is 2.64. The third-order valence-corrected chi connectivity index (χ3v) is 3.58. The lowest BCUT2D eigenvalue weighted by Gasteiger charge is -2.32. The molecule has 106 valence electrons. The zero-order chi connectivity index (χ0) is 14.4. The summed E-state index contributed by atoms with van der Waals surface area (Å²) < 4.78 is 0. The number of carbonyl (C=O) groups is 1. The molecule has 0 N–H and O–H groups in total. The van der Waals surface area contributed by atoms with Crippen molar-refractivity contribution in [3.63, 3.8) is 0 Å². The van der Waals surface area contributed by atoms with Crippen molar-refractivity contribution < 1.29 is 4.79 Å². The van der Waals surface area contributed by atoms with Crippen molar-refractivity contribution in [3.8, 4) is 0 Å².